The van der Waals surface area contributed by atoms with Gasteiger partial charge in [0.1, 0.15) is 29.5 Å². The molecule has 2 amide bonds. The van der Waals surface area contributed by atoms with Crippen molar-refractivity contribution >= 4 is 22.8 Å². The summed E-state index contributed by atoms with van der Waals surface area (Å²) >= 11 is 0. The van der Waals surface area contributed by atoms with E-state index >= 15 is 0 Å². The van der Waals surface area contributed by atoms with E-state index in [1.165, 1.54) is 0 Å². The highest BCUT2D eigenvalue weighted by molar-refractivity contribution is 6.01. The van der Waals surface area contributed by atoms with Crippen molar-refractivity contribution in [3.63, 3.8) is 0 Å². The minimum atomic E-state index is -0.552. The molecule has 0 bridgehead atoms. The van der Waals surface area contributed by atoms with Crippen molar-refractivity contribution in [3.8, 4) is 6.07 Å². The zero-order valence-corrected chi connectivity index (χ0v) is 14.5. The molecule has 0 radical (unpaired) electrons. The fourth-order valence-electron chi connectivity index (χ4n) is 2.70. The molecule has 1 aromatic heterocycles. The molecule has 0 aliphatic carbocycles. The minimum Gasteiger partial charge on any atom is -0.459 e. The van der Waals surface area contributed by atoms with Gasteiger partial charge in [0, 0.05) is 5.39 Å². The quantitative estimate of drug-likeness (QED) is 0.882. The lowest BCUT2D eigenvalue weighted by Crippen LogP contribution is -2.51. The number of nitrogens with one attached hydrogen (secondary N) is 2. The van der Waals surface area contributed by atoms with Gasteiger partial charge in [0.05, 0.1) is 11.7 Å². The van der Waals surface area contributed by atoms with Gasteiger partial charge in [-0.15, -0.1) is 0 Å². The molecule has 2 heterocycles. The molecular weight excluding hydrogens is 332 g/mol. The molecule has 1 aliphatic rings. The number of amides is 2. The lowest BCUT2D eigenvalue weighted by molar-refractivity contribution is -0.136. The van der Waals surface area contributed by atoms with Crippen LogP contribution < -0.4 is 10.7 Å². The number of hydrogen-bond acceptors (Lipinski definition) is 5. The summed E-state index contributed by atoms with van der Waals surface area (Å²) < 4.78 is 5.73. The Labute approximate surface area is 150 Å². The van der Waals surface area contributed by atoms with Crippen molar-refractivity contribution in [1.82, 2.24) is 15.8 Å². The maximum Gasteiger partial charge on any atom is 0.283 e. The molecule has 26 heavy (non-hydrogen) atoms. The van der Waals surface area contributed by atoms with Gasteiger partial charge in [-0.05, 0) is 31.6 Å². The number of para-hydroxylation sites is 1. The third kappa shape index (κ3) is 3.17. The molecule has 3 rings (SSSR count). The first-order valence-electron chi connectivity index (χ1n) is 8.07. The monoisotopic (exact) mass is 350 g/mol. The number of furan rings is 1. The Kier molecular flexibility index (Phi) is 4.50. The number of hydrazine groups is 1. The largest absolute Gasteiger partial charge is 0.459 e. The normalized spacial score (nSPS) is 15.7. The molecule has 1 aromatic carbocycles. The van der Waals surface area contributed by atoms with Crippen LogP contribution in [-0.4, -0.2) is 23.4 Å². The van der Waals surface area contributed by atoms with Crippen LogP contribution in [0.15, 0.2) is 58.2 Å². The van der Waals surface area contributed by atoms with Crippen molar-refractivity contribution in [3.05, 3.63) is 59.5 Å². The zero-order valence-electron chi connectivity index (χ0n) is 14.5. The van der Waals surface area contributed by atoms with Crippen LogP contribution in [-0.2, 0) is 9.59 Å². The Hall–Kier alpha value is -3.53. The molecule has 7 nitrogen and oxygen atoms in total. The summed E-state index contributed by atoms with van der Waals surface area (Å²) in [5.74, 6) is -0.317. The second-order valence-corrected chi connectivity index (χ2v) is 6.07. The van der Waals surface area contributed by atoms with E-state index < -0.39 is 5.91 Å². The van der Waals surface area contributed by atoms with Gasteiger partial charge < -0.3 is 9.73 Å². The Morgan fingerprint density at radius 3 is 2.88 bits per heavy atom. The number of allylic oxidation sites excluding steroid dienone is 1. The van der Waals surface area contributed by atoms with Crippen molar-refractivity contribution in [2.45, 2.75) is 19.9 Å². The van der Waals surface area contributed by atoms with Crippen LogP contribution in [0.3, 0.4) is 0 Å². The molecule has 132 valence electrons. The Morgan fingerprint density at radius 2 is 2.19 bits per heavy atom. The molecule has 0 saturated heterocycles. The van der Waals surface area contributed by atoms with Crippen LogP contribution in [0.4, 0.5) is 0 Å². The zero-order chi connectivity index (χ0) is 18.8. The molecule has 2 N–H and O–H groups in total. The Balaban J connectivity index is 1.68. The van der Waals surface area contributed by atoms with Gasteiger partial charge in [-0.1, -0.05) is 24.8 Å². The maximum absolute atomic E-state index is 12.3. The predicted molar refractivity (Wildman–Crippen MR) is 95.1 cm³/mol. The highest BCUT2D eigenvalue weighted by Gasteiger charge is 2.29. The first kappa shape index (κ1) is 17.3. The van der Waals surface area contributed by atoms with Gasteiger partial charge in [0.2, 0.25) is 5.91 Å². The maximum atomic E-state index is 12.3. The second-order valence-electron chi connectivity index (χ2n) is 6.07. The van der Waals surface area contributed by atoms with Gasteiger partial charge in [0.15, 0.2) is 0 Å². The summed E-state index contributed by atoms with van der Waals surface area (Å²) in [6.45, 7) is 6.94. The Bertz CT molecular complexity index is 947. The van der Waals surface area contributed by atoms with Crippen molar-refractivity contribution < 1.29 is 14.0 Å². The molecular formula is C19H18N4O3. The van der Waals surface area contributed by atoms with E-state index in [9.17, 15) is 9.59 Å². The number of hydrogen-bond donors (Lipinski definition) is 2. The van der Waals surface area contributed by atoms with Crippen molar-refractivity contribution in [2.24, 2.45) is 0 Å². The van der Waals surface area contributed by atoms with E-state index in [0.717, 1.165) is 16.0 Å². The molecule has 2 aromatic rings. The van der Waals surface area contributed by atoms with Crippen LogP contribution in [0.25, 0.3) is 11.0 Å². The summed E-state index contributed by atoms with van der Waals surface area (Å²) in [4.78, 5) is 24.6. The third-order valence-electron chi connectivity index (χ3n) is 4.22. The van der Waals surface area contributed by atoms with Crippen LogP contribution in [0, 0.1) is 11.3 Å². The van der Waals surface area contributed by atoms with Gasteiger partial charge in [-0.2, -0.15) is 5.26 Å². The lowest BCUT2D eigenvalue weighted by Gasteiger charge is -2.30. The summed E-state index contributed by atoms with van der Waals surface area (Å²) in [6, 6.07) is 10.9. The smallest absolute Gasteiger partial charge is 0.283 e. The van der Waals surface area contributed by atoms with Gasteiger partial charge in [-0.25, -0.2) is 5.01 Å². The third-order valence-corrected chi connectivity index (χ3v) is 4.22. The van der Waals surface area contributed by atoms with Gasteiger partial charge in [-0.3, -0.25) is 15.0 Å². The van der Waals surface area contributed by atoms with E-state index in [4.69, 9.17) is 9.68 Å². The summed E-state index contributed by atoms with van der Waals surface area (Å²) in [7, 11) is 0. The highest BCUT2D eigenvalue weighted by Crippen LogP contribution is 2.23. The number of carbonyl (C=O) groups excluding carboxylic acids is 2. The van der Waals surface area contributed by atoms with E-state index in [1.807, 2.05) is 36.4 Å². The summed E-state index contributed by atoms with van der Waals surface area (Å²) in [5.41, 5.74) is 4.36. The molecule has 0 spiro atoms. The van der Waals surface area contributed by atoms with Crippen LogP contribution in [0.2, 0.25) is 0 Å². The minimum absolute atomic E-state index is 0.0214. The van der Waals surface area contributed by atoms with E-state index in [-0.39, 0.29) is 24.1 Å². The number of rotatable bonds is 4. The van der Waals surface area contributed by atoms with Gasteiger partial charge in [0.25, 0.3) is 5.91 Å². The molecule has 1 atom stereocenters. The molecule has 1 unspecified atom stereocenters. The average Bonchev–Trinajstić information content (AvgIpc) is 3.04. The molecule has 1 aliphatic heterocycles. The number of benzene rings is 1. The SMILES string of the molecule is C=C1NN(CC(=O)NC(C)c2cc3ccccc3o2)C(=O)C(C#N)=C1C. The van der Waals surface area contributed by atoms with E-state index in [1.54, 1.807) is 13.8 Å². The highest BCUT2D eigenvalue weighted by atomic mass is 16.3. The standard InChI is InChI=1S/C19H18N4O3/c1-11-12(2)22-23(19(25)15(11)9-20)10-18(24)21-13(3)17-8-14-6-4-5-7-16(14)26-17/h4-8,13,22H,2,10H2,1,3H3,(H,21,24). The van der Waals surface area contributed by atoms with Crippen molar-refractivity contribution in [2.75, 3.05) is 6.54 Å². The Morgan fingerprint density at radius 1 is 1.46 bits per heavy atom. The first-order chi connectivity index (χ1) is 12.4. The predicted octanol–water partition coefficient (Wildman–Crippen LogP) is 2.31. The van der Waals surface area contributed by atoms with E-state index in [2.05, 4.69) is 17.3 Å². The number of carbonyl (C=O) groups is 2. The first-order valence-corrected chi connectivity index (χ1v) is 8.07. The topological polar surface area (TPSA) is 98.4 Å². The molecule has 7 heteroatoms. The number of nitrogens with zero attached hydrogens (tertiary/aromatic N) is 2. The molecule has 0 fully saturated rings. The van der Waals surface area contributed by atoms with Crippen LogP contribution >= 0.6 is 0 Å². The van der Waals surface area contributed by atoms with E-state index in [0.29, 0.717) is 17.0 Å². The van der Waals surface area contributed by atoms with Crippen LogP contribution in [0.5, 0.6) is 0 Å². The molecule has 0 saturated carbocycles. The second kappa shape index (κ2) is 6.76. The van der Waals surface area contributed by atoms with Gasteiger partial charge >= 0.3 is 0 Å². The summed E-state index contributed by atoms with van der Waals surface area (Å²) in [6.07, 6.45) is 0. The summed E-state index contributed by atoms with van der Waals surface area (Å²) in [5, 5.41) is 13.9. The van der Waals surface area contributed by atoms with Crippen molar-refractivity contribution in [1.29, 1.82) is 5.26 Å². The number of nitriles is 1. The van der Waals surface area contributed by atoms with Crippen LogP contribution in [0.1, 0.15) is 25.6 Å². The fourth-order valence-corrected chi connectivity index (χ4v) is 2.70. The lowest BCUT2D eigenvalue weighted by atomic mass is 10.1. The number of fused-ring (bicyclic) bond motifs is 1. The fraction of sp³-hybridized carbons (Fsp3) is 0.211. The average molecular weight is 350 g/mol.